The Kier molecular flexibility index (Phi) is 3.32. The standard InChI is InChI=1S/C19H21ClN4/c1-11-4-5-24-17-8-14(20)2-3-16(17)23-18(19(24)22-11)15-7-13(15)6-12-9-21-10-12/h2-5,8,11-13,15,21H,6-7,9-10H2,1H3. The number of fused-ring (bicyclic) bond motifs is 3. The zero-order valence-electron chi connectivity index (χ0n) is 13.7. The summed E-state index contributed by atoms with van der Waals surface area (Å²) < 4.78 is 0. The number of aliphatic imine (C=N–C) groups is 2. The second kappa shape index (κ2) is 5.43. The van der Waals surface area contributed by atoms with Gasteiger partial charge in [-0.25, -0.2) is 4.99 Å². The van der Waals surface area contributed by atoms with E-state index in [-0.39, 0.29) is 6.04 Å². The van der Waals surface area contributed by atoms with Crippen molar-refractivity contribution in [2.24, 2.45) is 27.7 Å². The van der Waals surface area contributed by atoms with Crippen LogP contribution in [-0.4, -0.2) is 30.7 Å². The van der Waals surface area contributed by atoms with Gasteiger partial charge in [-0.05, 0) is 69.0 Å². The van der Waals surface area contributed by atoms with Crippen LogP contribution in [0.4, 0.5) is 11.4 Å². The molecule has 0 bridgehead atoms. The van der Waals surface area contributed by atoms with E-state index in [2.05, 4.69) is 29.4 Å². The predicted molar refractivity (Wildman–Crippen MR) is 99.6 cm³/mol. The summed E-state index contributed by atoms with van der Waals surface area (Å²) in [6, 6.07) is 6.13. The highest BCUT2D eigenvalue weighted by Crippen LogP contribution is 2.48. The molecule has 5 rings (SSSR count). The topological polar surface area (TPSA) is 40.0 Å². The van der Waals surface area contributed by atoms with Crippen LogP contribution in [0.1, 0.15) is 19.8 Å². The number of rotatable bonds is 3. The Morgan fingerprint density at radius 1 is 1.33 bits per heavy atom. The molecule has 3 aliphatic heterocycles. The summed E-state index contributed by atoms with van der Waals surface area (Å²) >= 11 is 6.21. The molecule has 0 radical (unpaired) electrons. The minimum absolute atomic E-state index is 0.204. The first-order chi connectivity index (χ1) is 11.7. The predicted octanol–water partition coefficient (Wildman–Crippen LogP) is 3.79. The van der Waals surface area contributed by atoms with Crippen LogP contribution in [0.5, 0.6) is 0 Å². The molecule has 0 amide bonds. The van der Waals surface area contributed by atoms with Crippen molar-refractivity contribution in [3.63, 3.8) is 0 Å². The van der Waals surface area contributed by atoms with Gasteiger partial charge >= 0.3 is 0 Å². The fraction of sp³-hybridized carbons (Fsp3) is 0.474. The van der Waals surface area contributed by atoms with Crippen molar-refractivity contribution in [2.75, 3.05) is 18.0 Å². The maximum Gasteiger partial charge on any atom is 0.155 e. The van der Waals surface area contributed by atoms with E-state index in [9.17, 15) is 0 Å². The van der Waals surface area contributed by atoms with E-state index in [4.69, 9.17) is 21.6 Å². The minimum atomic E-state index is 0.204. The van der Waals surface area contributed by atoms with E-state index >= 15 is 0 Å². The van der Waals surface area contributed by atoms with Crippen LogP contribution in [0.15, 0.2) is 40.5 Å². The van der Waals surface area contributed by atoms with Gasteiger partial charge in [-0.2, -0.15) is 0 Å². The number of hydrogen-bond donors (Lipinski definition) is 1. The van der Waals surface area contributed by atoms with Gasteiger partial charge in [0.2, 0.25) is 0 Å². The number of anilines is 1. The SMILES string of the molecule is CC1C=CN2C(=N1)C(C1CC1CC1CNC1)=Nc1ccc(Cl)cc12. The monoisotopic (exact) mass is 340 g/mol. The molecular weight excluding hydrogens is 320 g/mol. The normalized spacial score (nSPS) is 30.9. The zero-order valence-corrected chi connectivity index (χ0v) is 14.5. The lowest BCUT2D eigenvalue weighted by Gasteiger charge is -2.32. The fourth-order valence-electron chi connectivity index (χ4n) is 3.96. The van der Waals surface area contributed by atoms with Crippen LogP contribution in [0.25, 0.3) is 0 Å². The van der Waals surface area contributed by atoms with Crippen molar-refractivity contribution in [3.8, 4) is 0 Å². The van der Waals surface area contributed by atoms with Crippen molar-refractivity contribution in [1.29, 1.82) is 0 Å². The maximum absolute atomic E-state index is 6.21. The van der Waals surface area contributed by atoms with Gasteiger partial charge in [-0.3, -0.25) is 9.89 Å². The number of nitrogens with one attached hydrogen (secondary N) is 1. The highest BCUT2D eigenvalue weighted by atomic mass is 35.5. The molecule has 4 aliphatic rings. The molecule has 3 atom stereocenters. The Hall–Kier alpha value is -1.65. The Morgan fingerprint density at radius 3 is 3.00 bits per heavy atom. The second-order valence-corrected chi connectivity index (χ2v) is 7.83. The van der Waals surface area contributed by atoms with Crippen LogP contribution in [0.3, 0.4) is 0 Å². The largest absolute Gasteiger partial charge is 0.316 e. The van der Waals surface area contributed by atoms with E-state index in [0.717, 1.165) is 34.1 Å². The molecular formula is C19H21ClN4. The molecule has 24 heavy (non-hydrogen) atoms. The van der Waals surface area contributed by atoms with E-state index in [1.54, 1.807) is 0 Å². The second-order valence-electron chi connectivity index (χ2n) is 7.40. The molecule has 124 valence electrons. The van der Waals surface area contributed by atoms with Crippen molar-refractivity contribution in [1.82, 2.24) is 5.32 Å². The van der Waals surface area contributed by atoms with Gasteiger partial charge in [0.05, 0.1) is 23.1 Å². The molecule has 1 aromatic carbocycles. The summed E-state index contributed by atoms with van der Waals surface area (Å²) in [7, 11) is 0. The smallest absolute Gasteiger partial charge is 0.155 e. The van der Waals surface area contributed by atoms with Gasteiger partial charge in [0.1, 0.15) is 0 Å². The lowest BCUT2D eigenvalue weighted by Crippen LogP contribution is -2.42. The number of halogens is 1. The lowest BCUT2D eigenvalue weighted by molar-refractivity contribution is 0.311. The highest BCUT2D eigenvalue weighted by Gasteiger charge is 2.46. The summed E-state index contributed by atoms with van der Waals surface area (Å²) in [5.41, 5.74) is 3.22. The molecule has 1 aliphatic carbocycles. The number of hydrogen-bond acceptors (Lipinski definition) is 4. The summed E-state index contributed by atoms with van der Waals surface area (Å²) in [6.07, 6.45) is 6.83. The summed E-state index contributed by atoms with van der Waals surface area (Å²) in [5, 5.41) is 4.11. The van der Waals surface area contributed by atoms with Gasteiger partial charge in [0, 0.05) is 17.1 Å². The molecule has 1 aromatic rings. The first kappa shape index (κ1) is 14.7. The molecule has 2 fully saturated rings. The zero-order chi connectivity index (χ0) is 16.3. The molecule has 4 nitrogen and oxygen atoms in total. The average Bonchev–Trinajstić information content (AvgIpc) is 3.29. The van der Waals surface area contributed by atoms with Crippen LogP contribution in [0, 0.1) is 17.8 Å². The first-order valence-corrected chi connectivity index (χ1v) is 9.21. The van der Waals surface area contributed by atoms with Gasteiger partial charge in [-0.1, -0.05) is 11.6 Å². The van der Waals surface area contributed by atoms with E-state index in [0.29, 0.717) is 5.92 Å². The first-order valence-electron chi connectivity index (χ1n) is 8.83. The molecule has 0 aromatic heterocycles. The van der Waals surface area contributed by atoms with Crippen molar-refractivity contribution in [3.05, 3.63) is 35.5 Å². The quantitative estimate of drug-likeness (QED) is 0.909. The Morgan fingerprint density at radius 2 is 2.21 bits per heavy atom. The molecule has 1 N–H and O–H groups in total. The molecule has 1 saturated heterocycles. The number of nitrogens with zero attached hydrogens (tertiary/aromatic N) is 3. The van der Waals surface area contributed by atoms with Gasteiger partial charge in [0.25, 0.3) is 0 Å². The van der Waals surface area contributed by atoms with Crippen molar-refractivity contribution in [2.45, 2.75) is 25.8 Å². The average molecular weight is 341 g/mol. The minimum Gasteiger partial charge on any atom is -0.316 e. The van der Waals surface area contributed by atoms with E-state index in [1.807, 2.05) is 18.2 Å². The molecule has 1 saturated carbocycles. The van der Waals surface area contributed by atoms with Crippen LogP contribution in [0.2, 0.25) is 5.02 Å². The summed E-state index contributed by atoms with van der Waals surface area (Å²) in [6.45, 7) is 4.49. The van der Waals surface area contributed by atoms with Crippen molar-refractivity contribution < 1.29 is 0 Å². The Bertz CT molecular complexity index is 778. The lowest BCUT2D eigenvalue weighted by atomic mass is 9.94. The van der Waals surface area contributed by atoms with Crippen molar-refractivity contribution >= 4 is 34.5 Å². The number of benzene rings is 1. The van der Waals surface area contributed by atoms with Gasteiger partial charge in [0.15, 0.2) is 5.84 Å². The third-order valence-electron chi connectivity index (χ3n) is 5.51. The van der Waals surface area contributed by atoms with E-state index < -0.39 is 0 Å². The third kappa shape index (κ3) is 2.40. The Balaban J connectivity index is 1.50. The van der Waals surface area contributed by atoms with Crippen LogP contribution >= 0.6 is 11.6 Å². The summed E-state index contributed by atoms with van der Waals surface area (Å²) in [4.78, 5) is 12.1. The highest BCUT2D eigenvalue weighted by molar-refractivity contribution is 6.50. The number of amidine groups is 1. The third-order valence-corrected chi connectivity index (χ3v) is 5.75. The Labute approximate surface area is 147 Å². The molecule has 3 unspecified atom stereocenters. The molecule has 5 heteroatoms. The molecule has 3 heterocycles. The van der Waals surface area contributed by atoms with Crippen LogP contribution < -0.4 is 10.2 Å². The van der Waals surface area contributed by atoms with E-state index in [1.165, 1.54) is 31.6 Å². The van der Waals surface area contributed by atoms with Crippen LogP contribution in [-0.2, 0) is 0 Å². The fourth-order valence-corrected chi connectivity index (χ4v) is 4.13. The molecule has 0 spiro atoms. The van der Waals surface area contributed by atoms with Gasteiger partial charge < -0.3 is 5.32 Å². The van der Waals surface area contributed by atoms with Gasteiger partial charge in [-0.15, -0.1) is 0 Å². The summed E-state index contributed by atoms with van der Waals surface area (Å²) in [5.74, 6) is 3.22. The maximum atomic E-state index is 6.21.